The molecule has 1 aromatic heterocycles. The zero-order chi connectivity index (χ0) is 22.5. The molecule has 33 heavy (non-hydrogen) atoms. The lowest BCUT2D eigenvalue weighted by atomic mass is 10.1. The number of carbonyl (C=O) groups excluding carboxylic acids is 1. The van der Waals surface area contributed by atoms with E-state index < -0.39 is 5.97 Å². The van der Waals surface area contributed by atoms with E-state index in [2.05, 4.69) is 52.4 Å². The zero-order valence-corrected chi connectivity index (χ0v) is 21.8. The molecule has 2 unspecified atom stereocenters. The summed E-state index contributed by atoms with van der Waals surface area (Å²) in [5.41, 5.74) is 1.77. The number of furan rings is 1. The van der Waals surface area contributed by atoms with E-state index in [1.54, 1.807) is 13.0 Å². The second-order valence-electron chi connectivity index (χ2n) is 8.18. The minimum Gasteiger partial charge on any atom is -0.465 e. The summed E-state index contributed by atoms with van der Waals surface area (Å²) in [6.07, 6.45) is 0.160. The van der Waals surface area contributed by atoms with Gasteiger partial charge in [0.1, 0.15) is 23.6 Å². The maximum Gasteiger partial charge on any atom is 0.341 e. The van der Waals surface area contributed by atoms with Crippen LogP contribution in [-0.2, 0) is 22.6 Å². The largest absolute Gasteiger partial charge is 0.465 e. The van der Waals surface area contributed by atoms with Crippen LogP contribution >= 0.6 is 24.0 Å². The van der Waals surface area contributed by atoms with Gasteiger partial charge < -0.3 is 24.1 Å². The van der Waals surface area contributed by atoms with Crippen molar-refractivity contribution in [2.24, 2.45) is 4.99 Å². The third kappa shape index (κ3) is 6.07. The van der Waals surface area contributed by atoms with Gasteiger partial charge in [-0.3, -0.25) is 4.90 Å². The zero-order valence-electron chi connectivity index (χ0n) is 19.5. The molecule has 2 fully saturated rings. The minimum atomic E-state index is -0.396. The second kappa shape index (κ2) is 11.8. The molecule has 2 aromatic rings. The predicted molar refractivity (Wildman–Crippen MR) is 137 cm³/mol. The van der Waals surface area contributed by atoms with Gasteiger partial charge in [-0.25, -0.2) is 9.79 Å². The van der Waals surface area contributed by atoms with Gasteiger partial charge in [0.2, 0.25) is 0 Å². The van der Waals surface area contributed by atoms with Crippen LogP contribution in [0.15, 0.2) is 45.8 Å². The van der Waals surface area contributed by atoms with Crippen LogP contribution < -0.4 is 5.32 Å². The first-order valence-electron chi connectivity index (χ1n) is 11.2. The lowest BCUT2D eigenvalue weighted by molar-refractivity contribution is -0.0502. The number of guanidine groups is 1. The Morgan fingerprint density at radius 3 is 2.79 bits per heavy atom. The average Bonchev–Trinajstić information content (AvgIpc) is 3.41. The number of hydrogen-bond donors (Lipinski definition) is 1. The molecular formula is C24H33IN4O4. The van der Waals surface area contributed by atoms with Gasteiger partial charge >= 0.3 is 5.97 Å². The Morgan fingerprint density at radius 2 is 2.06 bits per heavy atom. The van der Waals surface area contributed by atoms with E-state index in [9.17, 15) is 4.79 Å². The average molecular weight is 568 g/mol. The van der Waals surface area contributed by atoms with Gasteiger partial charge in [-0.15, -0.1) is 24.0 Å². The van der Waals surface area contributed by atoms with Gasteiger partial charge in [-0.2, -0.15) is 0 Å². The Bertz CT molecular complexity index is 949. The van der Waals surface area contributed by atoms with Crippen molar-refractivity contribution < 1.29 is 18.7 Å². The second-order valence-corrected chi connectivity index (χ2v) is 8.18. The van der Waals surface area contributed by atoms with Crippen molar-refractivity contribution >= 4 is 35.9 Å². The molecule has 8 nitrogen and oxygen atoms in total. The number of aliphatic imine (C=N–C) groups is 1. The van der Waals surface area contributed by atoms with Gasteiger partial charge in [-0.05, 0) is 25.5 Å². The topological polar surface area (TPSA) is 79.5 Å². The van der Waals surface area contributed by atoms with Crippen LogP contribution in [0.1, 0.15) is 34.4 Å². The van der Waals surface area contributed by atoms with Crippen LogP contribution in [0.5, 0.6) is 0 Å². The fourth-order valence-corrected chi connectivity index (χ4v) is 4.46. The summed E-state index contributed by atoms with van der Waals surface area (Å²) in [6, 6.07) is 12.6. The van der Waals surface area contributed by atoms with Gasteiger partial charge in [0.15, 0.2) is 5.96 Å². The van der Waals surface area contributed by atoms with Crippen molar-refractivity contribution in [3.05, 3.63) is 59.0 Å². The molecule has 0 radical (unpaired) electrons. The first-order valence-corrected chi connectivity index (χ1v) is 11.2. The molecule has 180 valence electrons. The molecule has 2 saturated heterocycles. The van der Waals surface area contributed by atoms with Crippen LogP contribution in [0.4, 0.5) is 0 Å². The summed E-state index contributed by atoms with van der Waals surface area (Å²) in [6.45, 7) is 9.19. The molecule has 0 amide bonds. The number of halogens is 1. The van der Waals surface area contributed by atoms with E-state index in [1.165, 1.54) is 12.7 Å². The maximum absolute atomic E-state index is 11.8. The van der Waals surface area contributed by atoms with Crippen LogP contribution in [0.25, 0.3) is 0 Å². The maximum atomic E-state index is 11.8. The fraction of sp³-hybridized carbons (Fsp3) is 0.500. The Hall–Kier alpha value is -2.11. The van der Waals surface area contributed by atoms with E-state index >= 15 is 0 Å². The number of aryl methyl sites for hydroxylation is 1. The lowest BCUT2D eigenvalue weighted by Crippen LogP contribution is -2.50. The lowest BCUT2D eigenvalue weighted by Gasteiger charge is -2.36. The number of fused-ring (bicyclic) bond motifs is 1. The number of hydrogen-bond acceptors (Lipinski definition) is 6. The Morgan fingerprint density at radius 1 is 1.27 bits per heavy atom. The molecule has 2 aliphatic rings. The predicted octanol–water partition coefficient (Wildman–Crippen LogP) is 3.04. The molecular weight excluding hydrogens is 535 g/mol. The summed E-state index contributed by atoms with van der Waals surface area (Å²) in [5.74, 6) is 1.62. The van der Waals surface area contributed by atoms with E-state index in [0.717, 1.165) is 45.3 Å². The molecule has 2 aliphatic heterocycles. The first kappa shape index (κ1) is 25.5. The number of nitrogens with zero attached hydrogens (tertiary/aromatic N) is 3. The third-order valence-electron chi connectivity index (χ3n) is 6.04. The molecule has 9 heteroatoms. The first-order chi connectivity index (χ1) is 15.6. The molecule has 3 heterocycles. The highest BCUT2D eigenvalue weighted by atomic mass is 127. The number of benzene rings is 1. The summed E-state index contributed by atoms with van der Waals surface area (Å²) < 4.78 is 16.6. The standard InChI is InChI=1S/C24H32N4O4.HI/c1-4-25-24(26-13-19-12-20(17(2)32-19)23(29)30-3)28-15-21-22(16-28)31-11-10-27(21)14-18-8-6-5-7-9-18;/h5-9,12,21-22H,4,10-11,13-16H2,1-3H3,(H,25,26);1H. The molecule has 2 atom stereocenters. The highest BCUT2D eigenvalue weighted by molar-refractivity contribution is 14.0. The summed E-state index contributed by atoms with van der Waals surface area (Å²) in [5, 5.41) is 3.39. The van der Waals surface area contributed by atoms with Crippen LogP contribution in [0.3, 0.4) is 0 Å². The van der Waals surface area contributed by atoms with E-state index in [1.807, 2.05) is 0 Å². The summed E-state index contributed by atoms with van der Waals surface area (Å²) in [4.78, 5) is 21.4. The van der Waals surface area contributed by atoms with Gasteiger partial charge in [0, 0.05) is 32.7 Å². The Kier molecular flexibility index (Phi) is 9.16. The molecule has 1 aromatic carbocycles. The number of rotatable bonds is 6. The van der Waals surface area contributed by atoms with Gasteiger partial charge in [0.25, 0.3) is 0 Å². The quantitative estimate of drug-likeness (QED) is 0.249. The van der Waals surface area contributed by atoms with Crippen LogP contribution in [-0.4, -0.2) is 73.8 Å². The van der Waals surface area contributed by atoms with Gasteiger partial charge in [0.05, 0.1) is 25.9 Å². The fourth-order valence-electron chi connectivity index (χ4n) is 4.46. The van der Waals surface area contributed by atoms with Crippen molar-refractivity contribution in [2.45, 2.75) is 39.1 Å². The van der Waals surface area contributed by atoms with E-state index in [0.29, 0.717) is 29.7 Å². The summed E-state index contributed by atoms with van der Waals surface area (Å²) >= 11 is 0. The number of ether oxygens (including phenoxy) is 2. The highest BCUT2D eigenvalue weighted by Gasteiger charge is 2.41. The molecule has 0 spiro atoms. The molecule has 0 aliphatic carbocycles. The van der Waals surface area contributed by atoms with Gasteiger partial charge in [-0.1, -0.05) is 30.3 Å². The Labute approximate surface area is 212 Å². The normalized spacial score (nSPS) is 20.8. The number of esters is 1. The molecule has 0 saturated carbocycles. The SMILES string of the molecule is CCNC(=NCc1cc(C(=O)OC)c(C)o1)N1CC2OCCN(Cc3ccccc3)C2C1.I. The molecule has 1 N–H and O–H groups in total. The number of methoxy groups -OCH3 is 1. The van der Waals surface area contributed by atoms with Crippen molar-refractivity contribution in [1.29, 1.82) is 0 Å². The van der Waals surface area contributed by atoms with Crippen molar-refractivity contribution in [3.8, 4) is 0 Å². The Balaban J connectivity index is 0.00000306. The third-order valence-corrected chi connectivity index (χ3v) is 6.04. The van der Waals surface area contributed by atoms with Crippen LogP contribution in [0, 0.1) is 6.92 Å². The summed E-state index contributed by atoms with van der Waals surface area (Å²) in [7, 11) is 1.37. The molecule has 4 rings (SSSR count). The molecule has 0 bridgehead atoms. The number of likely N-dealkylation sites (tertiary alicyclic amines) is 1. The van der Waals surface area contributed by atoms with Crippen molar-refractivity contribution in [3.63, 3.8) is 0 Å². The van der Waals surface area contributed by atoms with E-state index in [-0.39, 0.29) is 30.1 Å². The van der Waals surface area contributed by atoms with Crippen LogP contribution in [0.2, 0.25) is 0 Å². The smallest absolute Gasteiger partial charge is 0.341 e. The monoisotopic (exact) mass is 568 g/mol. The van der Waals surface area contributed by atoms with E-state index in [4.69, 9.17) is 18.9 Å². The highest BCUT2D eigenvalue weighted by Crippen LogP contribution is 2.25. The minimum absolute atomic E-state index is 0. The number of morpholine rings is 1. The number of nitrogens with one attached hydrogen (secondary N) is 1. The number of carbonyl (C=O) groups is 1. The van der Waals surface area contributed by atoms with Crippen molar-refractivity contribution in [2.75, 3.05) is 39.9 Å². The van der Waals surface area contributed by atoms with Crippen molar-refractivity contribution in [1.82, 2.24) is 15.1 Å².